The highest BCUT2D eigenvalue weighted by Crippen LogP contribution is 2.22. The number of nitrogens with zero attached hydrogens (tertiary/aromatic N) is 2. The average Bonchev–Trinajstić information content (AvgIpc) is 3.08. The van der Waals surface area contributed by atoms with Gasteiger partial charge >= 0.3 is 0 Å². The minimum Gasteiger partial charge on any atom is -0.245 e. The molecule has 3 aromatic rings. The lowest BCUT2D eigenvalue weighted by atomic mass is 10.1. The van der Waals surface area contributed by atoms with E-state index < -0.39 is 10.0 Å². The lowest BCUT2D eigenvalue weighted by molar-refractivity contribution is 0.598. The van der Waals surface area contributed by atoms with Crippen LogP contribution >= 0.6 is 11.3 Å². The third kappa shape index (κ3) is 3.72. The zero-order chi connectivity index (χ0) is 16.3. The van der Waals surface area contributed by atoms with E-state index in [2.05, 4.69) is 9.38 Å². The van der Waals surface area contributed by atoms with Crippen LogP contribution in [0.5, 0.6) is 0 Å². The molecule has 23 heavy (non-hydrogen) atoms. The third-order valence-electron chi connectivity index (χ3n) is 3.23. The Hall–Kier alpha value is -2.31. The molecule has 3 rings (SSSR count). The summed E-state index contributed by atoms with van der Waals surface area (Å²) in [6.45, 7) is 1.91. The Labute approximate surface area is 139 Å². The van der Waals surface area contributed by atoms with Gasteiger partial charge in [0.25, 0.3) is 10.0 Å². The molecule has 1 aromatic heterocycles. The number of thiazole rings is 1. The van der Waals surface area contributed by atoms with E-state index in [0.29, 0.717) is 5.56 Å². The third-order valence-corrected chi connectivity index (χ3v) is 5.30. The maximum absolute atomic E-state index is 12.2. The quantitative estimate of drug-likeness (QED) is 0.675. The highest BCUT2D eigenvalue weighted by molar-refractivity contribution is 7.90. The van der Waals surface area contributed by atoms with E-state index in [1.807, 2.05) is 36.6 Å². The summed E-state index contributed by atoms with van der Waals surface area (Å²) in [5, 5.41) is 2.79. The Morgan fingerprint density at radius 1 is 1.13 bits per heavy atom. The number of benzene rings is 2. The monoisotopic (exact) mass is 342 g/mol. The first-order valence-corrected chi connectivity index (χ1v) is 9.23. The van der Waals surface area contributed by atoms with E-state index in [1.165, 1.54) is 17.6 Å². The van der Waals surface area contributed by atoms with Crippen LogP contribution in [-0.2, 0) is 10.0 Å². The zero-order valence-electron chi connectivity index (χ0n) is 12.4. The summed E-state index contributed by atoms with van der Waals surface area (Å²) >= 11 is 1.53. The number of hydrogen-bond donors (Lipinski definition) is 0. The molecule has 1 heterocycles. The predicted molar refractivity (Wildman–Crippen MR) is 93.5 cm³/mol. The van der Waals surface area contributed by atoms with Crippen LogP contribution in [-0.4, -0.2) is 19.6 Å². The molecule has 0 saturated heterocycles. The molecule has 0 aliphatic carbocycles. The van der Waals surface area contributed by atoms with E-state index in [4.69, 9.17) is 0 Å². The van der Waals surface area contributed by atoms with Crippen molar-refractivity contribution in [3.8, 4) is 10.6 Å². The molecule has 0 amide bonds. The van der Waals surface area contributed by atoms with Crippen molar-refractivity contribution >= 4 is 27.6 Å². The fourth-order valence-electron chi connectivity index (χ4n) is 2.02. The van der Waals surface area contributed by atoms with E-state index in [0.717, 1.165) is 16.1 Å². The van der Waals surface area contributed by atoms with Crippen LogP contribution in [0.15, 0.2) is 69.4 Å². The highest BCUT2D eigenvalue weighted by Gasteiger charge is 2.11. The van der Waals surface area contributed by atoms with Gasteiger partial charge in [-0.25, -0.2) is 4.98 Å². The van der Waals surface area contributed by atoms with Gasteiger partial charge in [0.1, 0.15) is 5.01 Å². The van der Waals surface area contributed by atoms with Gasteiger partial charge in [0.2, 0.25) is 0 Å². The summed E-state index contributed by atoms with van der Waals surface area (Å²) < 4.78 is 28.2. The Balaban J connectivity index is 1.88. The van der Waals surface area contributed by atoms with Crippen LogP contribution in [0.3, 0.4) is 0 Å². The number of aromatic nitrogens is 1. The van der Waals surface area contributed by atoms with Gasteiger partial charge in [-0.3, -0.25) is 0 Å². The summed E-state index contributed by atoms with van der Waals surface area (Å²) in [4.78, 5) is 4.44. The zero-order valence-corrected chi connectivity index (χ0v) is 14.0. The highest BCUT2D eigenvalue weighted by atomic mass is 32.2. The summed E-state index contributed by atoms with van der Waals surface area (Å²) in [7, 11) is -3.69. The first-order chi connectivity index (χ1) is 11.0. The van der Waals surface area contributed by atoms with E-state index in [1.54, 1.807) is 30.5 Å². The fraction of sp³-hybridized carbons (Fsp3) is 0.0588. The summed E-state index contributed by atoms with van der Waals surface area (Å²) in [5.74, 6) is 0. The Morgan fingerprint density at radius 2 is 1.91 bits per heavy atom. The molecule has 0 fully saturated rings. The van der Waals surface area contributed by atoms with Crippen LogP contribution < -0.4 is 0 Å². The molecule has 0 N–H and O–H groups in total. The average molecular weight is 342 g/mol. The topological polar surface area (TPSA) is 59.4 Å². The lowest BCUT2D eigenvalue weighted by Crippen LogP contribution is -1.97. The molecular weight excluding hydrogens is 328 g/mol. The van der Waals surface area contributed by atoms with Crippen molar-refractivity contribution in [2.24, 2.45) is 4.40 Å². The van der Waals surface area contributed by atoms with Crippen molar-refractivity contribution in [2.75, 3.05) is 0 Å². The normalized spacial score (nSPS) is 11.9. The second kappa shape index (κ2) is 6.44. The van der Waals surface area contributed by atoms with Crippen molar-refractivity contribution in [3.63, 3.8) is 0 Å². The maximum atomic E-state index is 12.2. The van der Waals surface area contributed by atoms with Crippen molar-refractivity contribution < 1.29 is 8.42 Å². The van der Waals surface area contributed by atoms with Gasteiger partial charge in [-0.05, 0) is 30.7 Å². The molecule has 0 aliphatic rings. The maximum Gasteiger partial charge on any atom is 0.282 e. The van der Waals surface area contributed by atoms with Gasteiger partial charge in [0, 0.05) is 23.4 Å². The standard InChI is InChI=1S/C17H14N2O2S2/c1-13-5-7-16(8-6-13)23(20,21)19-12-14-3-2-4-15(11-14)17-18-9-10-22-17/h2-12H,1H3/b19-12+. The smallest absolute Gasteiger partial charge is 0.245 e. The molecule has 2 aromatic carbocycles. The molecule has 0 spiro atoms. The number of aryl methyl sites for hydroxylation is 1. The minimum atomic E-state index is -3.69. The number of hydrogen-bond acceptors (Lipinski definition) is 4. The first kappa shape index (κ1) is 15.6. The second-order valence-corrected chi connectivity index (χ2v) is 7.51. The van der Waals surface area contributed by atoms with Gasteiger partial charge in [-0.15, -0.1) is 11.3 Å². The van der Waals surface area contributed by atoms with Crippen molar-refractivity contribution in [3.05, 3.63) is 71.2 Å². The minimum absolute atomic E-state index is 0.190. The molecule has 0 atom stereocenters. The lowest BCUT2D eigenvalue weighted by Gasteiger charge is -2.00. The van der Waals surface area contributed by atoms with E-state index in [9.17, 15) is 8.42 Å². The van der Waals surface area contributed by atoms with Crippen molar-refractivity contribution in [1.29, 1.82) is 0 Å². The Morgan fingerprint density at radius 3 is 2.61 bits per heavy atom. The van der Waals surface area contributed by atoms with Crippen LogP contribution in [0.4, 0.5) is 0 Å². The Bertz CT molecular complexity index is 929. The molecular formula is C17H14N2O2S2. The SMILES string of the molecule is Cc1ccc(S(=O)(=O)/N=C/c2cccc(-c3nccs3)c2)cc1. The van der Waals surface area contributed by atoms with Crippen LogP contribution in [0.2, 0.25) is 0 Å². The Kier molecular flexibility index (Phi) is 4.36. The number of sulfonamides is 1. The number of rotatable bonds is 4. The van der Waals surface area contributed by atoms with Gasteiger partial charge in [0.15, 0.2) is 0 Å². The molecule has 0 bridgehead atoms. The predicted octanol–water partition coefficient (Wildman–Crippen LogP) is 3.93. The van der Waals surface area contributed by atoms with Gasteiger partial charge in [-0.2, -0.15) is 12.8 Å². The molecule has 6 heteroatoms. The summed E-state index contributed by atoms with van der Waals surface area (Å²) in [6.07, 6.45) is 3.11. The van der Waals surface area contributed by atoms with Gasteiger partial charge < -0.3 is 0 Å². The largest absolute Gasteiger partial charge is 0.282 e. The van der Waals surface area contributed by atoms with Gasteiger partial charge in [0.05, 0.1) is 4.90 Å². The fourth-order valence-corrected chi connectivity index (χ4v) is 3.52. The second-order valence-electron chi connectivity index (χ2n) is 4.99. The molecule has 0 radical (unpaired) electrons. The van der Waals surface area contributed by atoms with Gasteiger partial charge in [-0.1, -0.05) is 35.9 Å². The van der Waals surface area contributed by atoms with Crippen LogP contribution in [0, 0.1) is 6.92 Å². The summed E-state index contributed by atoms with van der Waals surface area (Å²) in [6, 6.07) is 14.1. The van der Waals surface area contributed by atoms with Crippen molar-refractivity contribution in [2.45, 2.75) is 11.8 Å². The molecule has 0 unspecified atom stereocenters. The first-order valence-electron chi connectivity index (χ1n) is 6.91. The van der Waals surface area contributed by atoms with Crippen molar-refractivity contribution in [1.82, 2.24) is 4.98 Å². The molecule has 0 saturated carbocycles. The summed E-state index contributed by atoms with van der Waals surface area (Å²) in [5.41, 5.74) is 2.66. The van der Waals surface area contributed by atoms with E-state index >= 15 is 0 Å². The molecule has 4 nitrogen and oxygen atoms in total. The van der Waals surface area contributed by atoms with Crippen LogP contribution in [0.1, 0.15) is 11.1 Å². The molecule has 116 valence electrons. The van der Waals surface area contributed by atoms with E-state index in [-0.39, 0.29) is 4.90 Å². The van der Waals surface area contributed by atoms with Crippen LogP contribution in [0.25, 0.3) is 10.6 Å². The molecule has 0 aliphatic heterocycles.